The summed E-state index contributed by atoms with van der Waals surface area (Å²) in [7, 11) is -3.44. The van der Waals surface area contributed by atoms with Gasteiger partial charge in [0.2, 0.25) is 6.79 Å². The third kappa shape index (κ3) is 2.29. The Kier molecular flexibility index (Phi) is 3.14. The first kappa shape index (κ1) is 14.5. The van der Waals surface area contributed by atoms with Crippen molar-refractivity contribution in [1.82, 2.24) is 0 Å². The zero-order valence-electron chi connectivity index (χ0n) is 12.6. The predicted molar refractivity (Wildman–Crippen MR) is 85.4 cm³/mol. The topological polar surface area (TPSA) is 78.6 Å². The second kappa shape index (κ2) is 4.97. The zero-order valence-corrected chi connectivity index (χ0v) is 13.4. The Morgan fingerprint density at radius 3 is 2.48 bits per heavy atom. The Labute approximate surface area is 134 Å². The van der Waals surface area contributed by atoms with Gasteiger partial charge >= 0.3 is 0 Å². The van der Waals surface area contributed by atoms with Gasteiger partial charge in [-0.05, 0) is 36.8 Å². The van der Waals surface area contributed by atoms with E-state index in [2.05, 4.69) is 0 Å². The normalized spacial score (nSPS) is 25.4. The van der Waals surface area contributed by atoms with Crippen molar-refractivity contribution < 1.29 is 17.9 Å². The summed E-state index contributed by atoms with van der Waals surface area (Å²) >= 11 is 0. The van der Waals surface area contributed by atoms with Crippen LogP contribution in [0, 0.1) is 6.92 Å². The fraction of sp³-hybridized carbons (Fsp3) is 0.294. The van der Waals surface area contributed by atoms with Crippen LogP contribution in [-0.4, -0.2) is 26.5 Å². The van der Waals surface area contributed by atoms with E-state index in [1.54, 1.807) is 30.3 Å². The summed E-state index contributed by atoms with van der Waals surface area (Å²) in [4.78, 5) is 0.326. The lowest BCUT2D eigenvalue weighted by Gasteiger charge is -2.05. The molecule has 2 aliphatic rings. The highest BCUT2D eigenvalue weighted by Gasteiger charge is 2.57. The summed E-state index contributed by atoms with van der Waals surface area (Å²) < 4.78 is 36.2. The summed E-state index contributed by atoms with van der Waals surface area (Å²) in [6.07, 6.45) is 0. The van der Waals surface area contributed by atoms with Crippen LogP contribution in [0.15, 0.2) is 47.4 Å². The number of aryl methyl sites for hydroxylation is 1. The molecule has 0 bridgehead atoms. The number of nitrogens with two attached hydrogens (primary N) is 1. The van der Waals surface area contributed by atoms with E-state index >= 15 is 0 Å². The number of hydrogen-bond acceptors (Lipinski definition) is 5. The van der Waals surface area contributed by atoms with Gasteiger partial charge < -0.3 is 15.2 Å². The summed E-state index contributed by atoms with van der Waals surface area (Å²) in [5, 5.41) is -0.592. The zero-order chi connectivity index (χ0) is 16.2. The van der Waals surface area contributed by atoms with E-state index in [1.807, 2.05) is 19.1 Å². The molecule has 0 amide bonds. The first-order chi connectivity index (χ1) is 11.0. The van der Waals surface area contributed by atoms with E-state index in [0.717, 1.165) is 11.1 Å². The van der Waals surface area contributed by atoms with Crippen molar-refractivity contribution in [3.63, 3.8) is 0 Å². The van der Waals surface area contributed by atoms with Crippen molar-refractivity contribution in [3.8, 4) is 11.5 Å². The molecule has 1 heterocycles. The maximum Gasteiger partial charge on any atom is 0.231 e. The molecule has 2 aromatic carbocycles. The Bertz CT molecular complexity index is 861. The lowest BCUT2D eigenvalue weighted by atomic mass is 10.1. The second-order valence-electron chi connectivity index (χ2n) is 6.04. The first-order valence-electron chi connectivity index (χ1n) is 7.44. The van der Waals surface area contributed by atoms with Crippen molar-refractivity contribution in [2.75, 3.05) is 6.79 Å². The quantitative estimate of drug-likeness (QED) is 0.930. The number of sulfone groups is 1. The van der Waals surface area contributed by atoms with Gasteiger partial charge in [0.1, 0.15) is 0 Å². The molecule has 1 saturated carbocycles. The molecule has 120 valence electrons. The minimum atomic E-state index is -3.44. The molecule has 1 aliphatic carbocycles. The first-order valence-corrected chi connectivity index (χ1v) is 8.99. The molecule has 4 rings (SSSR count). The smallest absolute Gasteiger partial charge is 0.231 e. The van der Waals surface area contributed by atoms with Gasteiger partial charge in [-0.2, -0.15) is 0 Å². The van der Waals surface area contributed by atoms with E-state index in [9.17, 15) is 8.42 Å². The van der Waals surface area contributed by atoms with E-state index in [0.29, 0.717) is 16.4 Å². The third-order valence-electron chi connectivity index (χ3n) is 4.50. The van der Waals surface area contributed by atoms with E-state index < -0.39 is 21.1 Å². The second-order valence-corrected chi connectivity index (χ2v) is 8.14. The Hall–Kier alpha value is -2.05. The Morgan fingerprint density at radius 1 is 1.04 bits per heavy atom. The van der Waals surface area contributed by atoms with Crippen LogP contribution in [-0.2, 0) is 9.84 Å². The van der Waals surface area contributed by atoms with Crippen molar-refractivity contribution in [1.29, 1.82) is 0 Å². The molecule has 5 nitrogen and oxygen atoms in total. The van der Waals surface area contributed by atoms with Crippen LogP contribution in [0.5, 0.6) is 11.5 Å². The highest BCUT2D eigenvalue weighted by molar-refractivity contribution is 7.92. The fourth-order valence-electron chi connectivity index (χ4n) is 3.12. The summed E-state index contributed by atoms with van der Waals surface area (Å²) in [5.41, 5.74) is 7.99. The highest BCUT2D eigenvalue weighted by atomic mass is 32.2. The molecule has 23 heavy (non-hydrogen) atoms. The molecule has 6 heteroatoms. The van der Waals surface area contributed by atoms with Crippen LogP contribution in [0.1, 0.15) is 17.0 Å². The molecule has 2 aromatic rings. The average Bonchev–Trinajstić information content (AvgIpc) is 3.01. The maximum atomic E-state index is 12.8. The van der Waals surface area contributed by atoms with Gasteiger partial charge in [-0.1, -0.05) is 23.8 Å². The molecular formula is C17H17NO4S. The monoisotopic (exact) mass is 331 g/mol. The van der Waals surface area contributed by atoms with Crippen LogP contribution in [0.25, 0.3) is 0 Å². The maximum absolute atomic E-state index is 12.8. The molecular weight excluding hydrogens is 314 g/mol. The minimum Gasteiger partial charge on any atom is -0.454 e. The number of fused-ring (bicyclic) bond motifs is 1. The molecule has 1 aliphatic heterocycles. The molecule has 0 saturated heterocycles. The molecule has 3 atom stereocenters. The van der Waals surface area contributed by atoms with Gasteiger partial charge in [0.25, 0.3) is 0 Å². The van der Waals surface area contributed by atoms with E-state index in [4.69, 9.17) is 15.2 Å². The van der Waals surface area contributed by atoms with Crippen molar-refractivity contribution in [2.45, 2.75) is 29.0 Å². The average molecular weight is 331 g/mol. The van der Waals surface area contributed by atoms with Crippen molar-refractivity contribution in [3.05, 3.63) is 53.6 Å². The Balaban J connectivity index is 1.65. The molecule has 0 aromatic heterocycles. The van der Waals surface area contributed by atoms with Crippen LogP contribution in [0.2, 0.25) is 0 Å². The summed E-state index contributed by atoms with van der Waals surface area (Å²) in [6, 6.07) is 12.0. The molecule has 2 N–H and O–H groups in total. The Morgan fingerprint density at radius 2 is 1.74 bits per heavy atom. The minimum absolute atomic E-state index is 0.195. The SMILES string of the molecule is Cc1ccc(S(=O)(=O)[C@H]2[C@H](N)[C@@H]2c2ccc3c(c2)OCO3)cc1. The van der Waals surface area contributed by atoms with Gasteiger partial charge in [0.15, 0.2) is 21.3 Å². The van der Waals surface area contributed by atoms with Gasteiger partial charge in [-0.3, -0.25) is 0 Å². The van der Waals surface area contributed by atoms with E-state index in [1.165, 1.54) is 0 Å². The van der Waals surface area contributed by atoms with Gasteiger partial charge in [0.05, 0.1) is 10.1 Å². The van der Waals surface area contributed by atoms with Crippen LogP contribution in [0.3, 0.4) is 0 Å². The predicted octanol–water partition coefficient (Wildman–Crippen LogP) is 1.99. The van der Waals surface area contributed by atoms with Gasteiger partial charge in [0, 0.05) is 12.0 Å². The van der Waals surface area contributed by atoms with Gasteiger partial charge in [-0.25, -0.2) is 8.42 Å². The molecule has 0 radical (unpaired) electrons. The molecule has 0 unspecified atom stereocenters. The summed E-state index contributed by atoms with van der Waals surface area (Å²) in [6.45, 7) is 2.12. The van der Waals surface area contributed by atoms with Crippen LogP contribution < -0.4 is 15.2 Å². The standard InChI is InChI=1S/C17H17NO4S/c1-10-2-5-12(6-3-10)23(19,20)17-15(16(17)18)11-4-7-13-14(8-11)22-9-21-13/h2-8,15-17H,9,18H2,1H3/t15-,16+,17+/m0/s1. The highest BCUT2D eigenvalue weighted by Crippen LogP contribution is 2.49. The van der Waals surface area contributed by atoms with Crippen molar-refractivity contribution >= 4 is 9.84 Å². The molecule has 1 fully saturated rings. The van der Waals surface area contributed by atoms with Crippen molar-refractivity contribution in [2.24, 2.45) is 5.73 Å². The largest absolute Gasteiger partial charge is 0.454 e. The lowest BCUT2D eigenvalue weighted by Crippen LogP contribution is -2.15. The molecule has 0 spiro atoms. The fourth-order valence-corrected chi connectivity index (χ4v) is 5.17. The lowest BCUT2D eigenvalue weighted by molar-refractivity contribution is 0.174. The van der Waals surface area contributed by atoms with Crippen LogP contribution >= 0.6 is 0 Å². The van der Waals surface area contributed by atoms with E-state index in [-0.39, 0.29) is 12.7 Å². The number of ether oxygens (including phenoxy) is 2. The number of rotatable bonds is 3. The van der Waals surface area contributed by atoms with Crippen LogP contribution in [0.4, 0.5) is 0 Å². The number of hydrogen-bond donors (Lipinski definition) is 1. The third-order valence-corrected chi connectivity index (χ3v) is 6.75. The summed E-state index contributed by atoms with van der Waals surface area (Å²) in [5.74, 6) is 1.12. The van der Waals surface area contributed by atoms with Gasteiger partial charge in [-0.15, -0.1) is 0 Å². The number of benzene rings is 2.